The number of hydrogen-bond donors (Lipinski definition) is 1. The van der Waals surface area contributed by atoms with Gasteiger partial charge in [-0.25, -0.2) is 0 Å². The number of guanidine groups is 1. The third-order valence-electron chi connectivity index (χ3n) is 5.60. The first-order chi connectivity index (χ1) is 12.7. The summed E-state index contributed by atoms with van der Waals surface area (Å²) in [7, 11) is 1.83. The Morgan fingerprint density at radius 2 is 1.93 bits per heavy atom. The number of hydrogen-bond acceptors (Lipinski definition) is 2. The van der Waals surface area contributed by atoms with Gasteiger partial charge >= 0.3 is 0 Å². The minimum absolute atomic E-state index is 0. The Bertz CT molecular complexity index is 622. The number of nitrogens with one attached hydrogen (secondary N) is 1. The molecule has 1 amide bonds. The molecule has 2 aliphatic rings. The van der Waals surface area contributed by atoms with Crippen molar-refractivity contribution in [3.05, 3.63) is 35.9 Å². The Balaban J connectivity index is 0.00000261. The molecule has 1 aromatic rings. The number of carbonyl (C=O) groups excluding carboxylic acids is 1. The first-order valence-corrected chi connectivity index (χ1v) is 9.95. The maximum absolute atomic E-state index is 12.4. The van der Waals surface area contributed by atoms with E-state index in [-0.39, 0.29) is 29.9 Å². The molecule has 27 heavy (non-hydrogen) atoms. The number of halogens is 1. The summed E-state index contributed by atoms with van der Waals surface area (Å²) < 4.78 is 0. The van der Waals surface area contributed by atoms with Gasteiger partial charge in [0.05, 0.1) is 0 Å². The van der Waals surface area contributed by atoms with Crippen molar-refractivity contribution in [3.8, 4) is 0 Å². The number of carbonyl (C=O) groups is 1. The molecule has 0 bridgehead atoms. The van der Waals surface area contributed by atoms with E-state index in [0.29, 0.717) is 24.8 Å². The number of nitrogens with zero attached hydrogens (tertiary/aromatic N) is 3. The molecule has 5 nitrogen and oxygen atoms in total. The molecule has 0 radical (unpaired) electrons. The molecular formula is C21H33IN4O. The Kier molecular flexibility index (Phi) is 8.86. The predicted molar refractivity (Wildman–Crippen MR) is 122 cm³/mol. The van der Waals surface area contributed by atoms with Crippen molar-refractivity contribution in [1.29, 1.82) is 0 Å². The van der Waals surface area contributed by atoms with Gasteiger partial charge in [0, 0.05) is 52.1 Å². The topological polar surface area (TPSA) is 47.9 Å². The maximum atomic E-state index is 12.4. The SMILES string of the molecule is CN=C(NCCC(=O)N1CCCC(C)C1)N1CCC(c2ccccc2)C1.I. The fraction of sp³-hybridized carbons (Fsp3) is 0.619. The largest absolute Gasteiger partial charge is 0.356 e. The van der Waals surface area contributed by atoms with Crippen LogP contribution < -0.4 is 5.32 Å². The van der Waals surface area contributed by atoms with Gasteiger partial charge in [0.15, 0.2) is 5.96 Å². The van der Waals surface area contributed by atoms with Crippen LogP contribution >= 0.6 is 24.0 Å². The minimum atomic E-state index is 0. The normalized spacial score (nSPS) is 23.1. The van der Waals surface area contributed by atoms with Crippen LogP contribution in [0.4, 0.5) is 0 Å². The van der Waals surface area contributed by atoms with Gasteiger partial charge in [0.1, 0.15) is 0 Å². The van der Waals surface area contributed by atoms with Crippen molar-refractivity contribution >= 4 is 35.8 Å². The van der Waals surface area contributed by atoms with Crippen molar-refractivity contribution in [1.82, 2.24) is 15.1 Å². The standard InChI is InChI=1S/C21H32N4O.HI/c1-17-7-6-13-24(15-17)20(26)10-12-23-21(22-2)25-14-11-19(16-25)18-8-4-3-5-9-18;/h3-5,8-9,17,19H,6-7,10-16H2,1-2H3,(H,22,23);1H. The van der Waals surface area contributed by atoms with E-state index in [1.54, 1.807) is 0 Å². The molecule has 2 atom stereocenters. The zero-order valence-corrected chi connectivity index (χ0v) is 18.9. The molecule has 2 unspecified atom stereocenters. The van der Waals surface area contributed by atoms with E-state index in [0.717, 1.165) is 45.0 Å². The summed E-state index contributed by atoms with van der Waals surface area (Å²) >= 11 is 0. The monoisotopic (exact) mass is 484 g/mol. The second-order valence-electron chi connectivity index (χ2n) is 7.65. The van der Waals surface area contributed by atoms with E-state index in [4.69, 9.17) is 0 Å². The number of rotatable bonds is 4. The molecule has 6 heteroatoms. The quantitative estimate of drug-likeness (QED) is 0.406. The van der Waals surface area contributed by atoms with E-state index >= 15 is 0 Å². The lowest BCUT2D eigenvalue weighted by atomic mass is 9.99. The molecule has 0 aromatic heterocycles. The van der Waals surface area contributed by atoms with Crippen molar-refractivity contribution < 1.29 is 4.79 Å². The van der Waals surface area contributed by atoms with Crippen LogP contribution in [-0.2, 0) is 4.79 Å². The lowest BCUT2D eigenvalue weighted by molar-refractivity contribution is -0.132. The van der Waals surface area contributed by atoms with Crippen molar-refractivity contribution in [2.24, 2.45) is 10.9 Å². The van der Waals surface area contributed by atoms with Crippen molar-refractivity contribution in [2.45, 2.75) is 38.5 Å². The van der Waals surface area contributed by atoms with Gasteiger partial charge in [-0.15, -0.1) is 24.0 Å². The van der Waals surface area contributed by atoms with Gasteiger partial charge in [-0.1, -0.05) is 37.3 Å². The van der Waals surface area contributed by atoms with Gasteiger partial charge in [-0.05, 0) is 30.7 Å². The number of aliphatic imine (C=N–C) groups is 1. The smallest absolute Gasteiger partial charge is 0.224 e. The fourth-order valence-electron chi connectivity index (χ4n) is 4.14. The highest BCUT2D eigenvalue weighted by Crippen LogP contribution is 2.26. The van der Waals surface area contributed by atoms with Crippen LogP contribution in [0.25, 0.3) is 0 Å². The maximum Gasteiger partial charge on any atom is 0.224 e. The van der Waals surface area contributed by atoms with E-state index in [2.05, 4.69) is 52.5 Å². The molecule has 1 N–H and O–H groups in total. The highest BCUT2D eigenvalue weighted by atomic mass is 127. The van der Waals surface area contributed by atoms with Gasteiger partial charge in [0.25, 0.3) is 0 Å². The summed E-state index contributed by atoms with van der Waals surface area (Å²) in [6, 6.07) is 10.7. The molecule has 2 heterocycles. The zero-order chi connectivity index (χ0) is 18.4. The molecular weight excluding hydrogens is 451 g/mol. The van der Waals surface area contributed by atoms with Gasteiger partial charge < -0.3 is 15.1 Å². The Morgan fingerprint density at radius 1 is 1.15 bits per heavy atom. The van der Waals surface area contributed by atoms with Crippen LogP contribution in [0.1, 0.15) is 44.1 Å². The minimum Gasteiger partial charge on any atom is -0.356 e. The Morgan fingerprint density at radius 3 is 2.63 bits per heavy atom. The molecule has 0 aliphatic carbocycles. The van der Waals surface area contributed by atoms with Gasteiger partial charge in [0.2, 0.25) is 5.91 Å². The first kappa shape index (κ1) is 22.0. The van der Waals surface area contributed by atoms with E-state index in [9.17, 15) is 4.79 Å². The van der Waals surface area contributed by atoms with Crippen LogP contribution in [0.5, 0.6) is 0 Å². The van der Waals surface area contributed by atoms with E-state index in [1.165, 1.54) is 12.0 Å². The number of amides is 1. The lowest BCUT2D eigenvalue weighted by Crippen LogP contribution is -2.43. The average molecular weight is 484 g/mol. The lowest BCUT2D eigenvalue weighted by Gasteiger charge is -2.31. The Labute approximate surface area is 180 Å². The third-order valence-corrected chi connectivity index (χ3v) is 5.60. The van der Waals surface area contributed by atoms with Gasteiger partial charge in [-0.3, -0.25) is 9.79 Å². The summed E-state index contributed by atoms with van der Waals surface area (Å²) in [4.78, 5) is 21.2. The molecule has 2 saturated heterocycles. The third kappa shape index (κ3) is 6.09. The highest BCUT2D eigenvalue weighted by molar-refractivity contribution is 14.0. The van der Waals surface area contributed by atoms with Crippen LogP contribution in [0.15, 0.2) is 35.3 Å². The summed E-state index contributed by atoms with van der Waals surface area (Å²) in [5, 5.41) is 3.39. The van der Waals surface area contributed by atoms with Crippen molar-refractivity contribution in [2.75, 3.05) is 39.8 Å². The van der Waals surface area contributed by atoms with E-state index in [1.807, 2.05) is 11.9 Å². The molecule has 1 aromatic carbocycles. The van der Waals surface area contributed by atoms with Crippen molar-refractivity contribution in [3.63, 3.8) is 0 Å². The summed E-state index contributed by atoms with van der Waals surface area (Å²) in [6.45, 7) is 6.72. The first-order valence-electron chi connectivity index (χ1n) is 9.95. The molecule has 0 spiro atoms. The molecule has 2 aliphatic heterocycles. The highest BCUT2D eigenvalue weighted by Gasteiger charge is 2.26. The number of benzene rings is 1. The number of likely N-dealkylation sites (tertiary alicyclic amines) is 2. The molecule has 3 rings (SSSR count). The number of piperidine rings is 1. The summed E-state index contributed by atoms with van der Waals surface area (Å²) in [5.74, 6) is 2.38. The van der Waals surface area contributed by atoms with Gasteiger partial charge in [-0.2, -0.15) is 0 Å². The van der Waals surface area contributed by atoms with E-state index < -0.39 is 0 Å². The Hall–Kier alpha value is -1.31. The molecule has 2 fully saturated rings. The van der Waals surface area contributed by atoms with Crippen LogP contribution in [0.3, 0.4) is 0 Å². The predicted octanol–water partition coefficient (Wildman–Crippen LogP) is 3.32. The van der Waals surface area contributed by atoms with Crippen LogP contribution in [0.2, 0.25) is 0 Å². The zero-order valence-electron chi connectivity index (χ0n) is 16.6. The summed E-state index contributed by atoms with van der Waals surface area (Å²) in [5.41, 5.74) is 1.40. The fourth-order valence-corrected chi connectivity index (χ4v) is 4.14. The second-order valence-corrected chi connectivity index (χ2v) is 7.65. The second kappa shape index (κ2) is 10.9. The average Bonchev–Trinajstić information content (AvgIpc) is 3.16. The molecule has 0 saturated carbocycles. The molecule has 150 valence electrons. The van der Waals surface area contributed by atoms with Crippen LogP contribution in [0, 0.1) is 5.92 Å². The summed E-state index contributed by atoms with van der Waals surface area (Å²) in [6.07, 6.45) is 4.07. The van der Waals surface area contributed by atoms with Crippen LogP contribution in [-0.4, -0.2) is 61.4 Å².